The van der Waals surface area contributed by atoms with Crippen molar-refractivity contribution in [3.05, 3.63) is 59.2 Å². The van der Waals surface area contributed by atoms with Crippen LogP contribution in [0.4, 0.5) is 0 Å². The molecule has 0 aliphatic rings. The Kier molecular flexibility index (Phi) is 6.46. The number of carbonyl (C=O) groups is 1. The van der Waals surface area contributed by atoms with E-state index in [0.717, 1.165) is 5.56 Å². The lowest BCUT2D eigenvalue weighted by Gasteiger charge is -2.14. The summed E-state index contributed by atoms with van der Waals surface area (Å²) < 4.78 is 21.1. The fourth-order valence-corrected chi connectivity index (χ4v) is 2.48. The largest absolute Gasteiger partial charge is 0.496 e. The molecule has 0 amide bonds. The minimum absolute atomic E-state index is 0.399. The van der Waals surface area contributed by atoms with Gasteiger partial charge in [0.25, 0.3) is 0 Å². The van der Waals surface area contributed by atoms with Gasteiger partial charge in [0.15, 0.2) is 0 Å². The Bertz CT molecular complexity index is 725. The van der Waals surface area contributed by atoms with E-state index in [1.54, 1.807) is 39.5 Å². The zero-order valence-corrected chi connectivity index (χ0v) is 14.9. The summed E-state index contributed by atoms with van der Waals surface area (Å²) in [5.74, 6) is 1.30. The molecule has 0 fully saturated rings. The van der Waals surface area contributed by atoms with E-state index in [-0.39, 0.29) is 0 Å². The van der Waals surface area contributed by atoms with Crippen molar-refractivity contribution in [2.45, 2.75) is 6.42 Å². The standard InChI is InChI=1S/C20H22O5/c1-22-16-12-18(23-2)17(19(13-16)24-3)11-15(20(21)25-4)10-14-8-6-5-7-9-14/h5-9,11-13H,10H2,1-4H3. The van der Waals surface area contributed by atoms with Gasteiger partial charge in [-0.15, -0.1) is 0 Å². The molecule has 25 heavy (non-hydrogen) atoms. The number of hydrogen-bond acceptors (Lipinski definition) is 5. The van der Waals surface area contributed by atoms with Crippen molar-refractivity contribution in [1.82, 2.24) is 0 Å². The Balaban J connectivity index is 2.53. The predicted molar refractivity (Wildman–Crippen MR) is 96.2 cm³/mol. The maximum absolute atomic E-state index is 12.2. The van der Waals surface area contributed by atoms with Crippen LogP contribution in [0.5, 0.6) is 17.2 Å². The number of ether oxygens (including phenoxy) is 4. The molecule has 0 aliphatic carbocycles. The molecule has 0 heterocycles. The highest BCUT2D eigenvalue weighted by molar-refractivity contribution is 5.95. The van der Waals surface area contributed by atoms with E-state index in [2.05, 4.69) is 0 Å². The van der Waals surface area contributed by atoms with Gasteiger partial charge in [-0.2, -0.15) is 0 Å². The quantitative estimate of drug-likeness (QED) is 0.569. The maximum Gasteiger partial charge on any atom is 0.334 e. The highest BCUT2D eigenvalue weighted by atomic mass is 16.5. The minimum Gasteiger partial charge on any atom is -0.496 e. The molecule has 0 unspecified atom stereocenters. The van der Waals surface area contributed by atoms with E-state index in [1.807, 2.05) is 30.3 Å². The molecule has 5 nitrogen and oxygen atoms in total. The van der Waals surface area contributed by atoms with Gasteiger partial charge in [-0.05, 0) is 11.6 Å². The molecule has 0 atom stereocenters. The molecule has 132 valence electrons. The molecule has 0 aliphatic heterocycles. The van der Waals surface area contributed by atoms with Crippen LogP contribution in [0.2, 0.25) is 0 Å². The number of carbonyl (C=O) groups excluding carboxylic acids is 1. The highest BCUT2D eigenvalue weighted by Crippen LogP contribution is 2.36. The summed E-state index contributed by atoms with van der Waals surface area (Å²) in [5, 5.41) is 0. The number of methoxy groups -OCH3 is 4. The van der Waals surface area contributed by atoms with Crippen LogP contribution in [0.15, 0.2) is 48.0 Å². The minimum atomic E-state index is -0.399. The molecule has 0 N–H and O–H groups in total. The molecule has 2 aromatic carbocycles. The second-order valence-electron chi connectivity index (χ2n) is 5.27. The molecule has 2 rings (SSSR count). The van der Waals surface area contributed by atoms with Gasteiger partial charge in [-0.1, -0.05) is 30.3 Å². The molecule has 0 saturated heterocycles. The third kappa shape index (κ3) is 4.53. The molecule has 0 radical (unpaired) electrons. The van der Waals surface area contributed by atoms with E-state index in [1.165, 1.54) is 7.11 Å². The monoisotopic (exact) mass is 342 g/mol. The first-order chi connectivity index (χ1) is 12.1. The smallest absolute Gasteiger partial charge is 0.334 e. The van der Waals surface area contributed by atoms with Crippen LogP contribution in [0.25, 0.3) is 6.08 Å². The number of rotatable bonds is 7. The Morgan fingerprint density at radius 3 is 2.00 bits per heavy atom. The van der Waals surface area contributed by atoms with Crippen molar-refractivity contribution >= 4 is 12.0 Å². The van der Waals surface area contributed by atoms with E-state index in [0.29, 0.717) is 34.8 Å². The van der Waals surface area contributed by atoms with Crippen LogP contribution in [0.3, 0.4) is 0 Å². The van der Waals surface area contributed by atoms with Gasteiger partial charge < -0.3 is 18.9 Å². The van der Waals surface area contributed by atoms with Crippen LogP contribution < -0.4 is 14.2 Å². The SMILES string of the molecule is COC(=O)C(=Cc1c(OC)cc(OC)cc1OC)Cc1ccccc1. The Hall–Kier alpha value is -2.95. The lowest BCUT2D eigenvalue weighted by molar-refractivity contribution is -0.136. The lowest BCUT2D eigenvalue weighted by Crippen LogP contribution is -2.08. The first kappa shape index (κ1) is 18.4. The number of benzene rings is 2. The van der Waals surface area contributed by atoms with Gasteiger partial charge in [-0.3, -0.25) is 0 Å². The van der Waals surface area contributed by atoms with Crippen molar-refractivity contribution in [2.75, 3.05) is 28.4 Å². The third-order valence-corrected chi connectivity index (χ3v) is 3.76. The Morgan fingerprint density at radius 2 is 1.52 bits per heavy atom. The van der Waals surface area contributed by atoms with Gasteiger partial charge in [0.1, 0.15) is 17.2 Å². The Labute approximate surface area is 147 Å². The molecule has 0 saturated carbocycles. The fraction of sp³-hybridized carbons (Fsp3) is 0.250. The van der Waals surface area contributed by atoms with Crippen molar-refractivity contribution in [3.63, 3.8) is 0 Å². The van der Waals surface area contributed by atoms with Gasteiger partial charge in [0.05, 0.1) is 34.0 Å². The fourth-order valence-electron chi connectivity index (χ4n) is 2.48. The number of esters is 1. The molecular formula is C20H22O5. The topological polar surface area (TPSA) is 54.0 Å². The average Bonchev–Trinajstić information content (AvgIpc) is 2.67. The summed E-state index contributed by atoms with van der Waals surface area (Å²) >= 11 is 0. The van der Waals surface area contributed by atoms with Crippen LogP contribution in [-0.2, 0) is 16.0 Å². The summed E-state index contributed by atoms with van der Waals surface area (Å²) in [6.07, 6.45) is 2.17. The van der Waals surface area contributed by atoms with Crippen LogP contribution in [0.1, 0.15) is 11.1 Å². The van der Waals surface area contributed by atoms with Gasteiger partial charge in [0, 0.05) is 24.1 Å². The highest BCUT2D eigenvalue weighted by Gasteiger charge is 2.16. The van der Waals surface area contributed by atoms with E-state index >= 15 is 0 Å². The zero-order valence-electron chi connectivity index (χ0n) is 14.9. The zero-order chi connectivity index (χ0) is 18.2. The van der Waals surface area contributed by atoms with Crippen LogP contribution in [0, 0.1) is 0 Å². The van der Waals surface area contributed by atoms with Crippen molar-refractivity contribution in [1.29, 1.82) is 0 Å². The summed E-state index contributed by atoms with van der Waals surface area (Å²) in [4.78, 5) is 12.2. The summed E-state index contributed by atoms with van der Waals surface area (Å²) in [7, 11) is 6.05. The van der Waals surface area contributed by atoms with Gasteiger partial charge in [0.2, 0.25) is 0 Å². The molecule has 0 bridgehead atoms. The molecule has 0 spiro atoms. The van der Waals surface area contributed by atoms with Crippen LogP contribution >= 0.6 is 0 Å². The molecule has 5 heteroatoms. The summed E-state index contributed by atoms with van der Waals surface area (Å²) in [6, 6.07) is 13.2. The molecule has 0 aromatic heterocycles. The first-order valence-electron chi connectivity index (χ1n) is 7.75. The van der Waals surface area contributed by atoms with Crippen molar-refractivity contribution in [2.24, 2.45) is 0 Å². The van der Waals surface area contributed by atoms with Gasteiger partial charge in [-0.25, -0.2) is 4.79 Å². The van der Waals surface area contributed by atoms with E-state index < -0.39 is 5.97 Å². The Morgan fingerprint density at radius 1 is 0.920 bits per heavy atom. The normalized spacial score (nSPS) is 11.0. The number of hydrogen-bond donors (Lipinski definition) is 0. The van der Waals surface area contributed by atoms with Crippen molar-refractivity contribution in [3.8, 4) is 17.2 Å². The van der Waals surface area contributed by atoms with Crippen LogP contribution in [-0.4, -0.2) is 34.4 Å². The van der Waals surface area contributed by atoms with E-state index in [4.69, 9.17) is 18.9 Å². The summed E-state index contributed by atoms with van der Waals surface area (Å²) in [5.41, 5.74) is 2.16. The third-order valence-electron chi connectivity index (χ3n) is 3.76. The first-order valence-corrected chi connectivity index (χ1v) is 7.75. The summed E-state index contributed by atoms with van der Waals surface area (Å²) in [6.45, 7) is 0. The average molecular weight is 342 g/mol. The lowest BCUT2D eigenvalue weighted by atomic mass is 10.0. The van der Waals surface area contributed by atoms with Gasteiger partial charge >= 0.3 is 5.97 Å². The predicted octanol–water partition coefficient (Wildman–Crippen LogP) is 3.51. The second kappa shape index (κ2) is 8.78. The molecular weight excluding hydrogens is 320 g/mol. The van der Waals surface area contributed by atoms with E-state index in [9.17, 15) is 4.79 Å². The van der Waals surface area contributed by atoms with Crippen molar-refractivity contribution < 1.29 is 23.7 Å². The second-order valence-corrected chi connectivity index (χ2v) is 5.27. The molecule has 2 aromatic rings. The maximum atomic E-state index is 12.2.